The van der Waals surface area contributed by atoms with Crippen LogP contribution in [0.4, 0.5) is 4.79 Å². The predicted octanol–water partition coefficient (Wildman–Crippen LogP) is -0.938. The third kappa shape index (κ3) is 0.910. The van der Waals surface area contributed by atoms with Gasteiger partial charge in [0.15, 0.2) is 0 Å². The van der Waals surface area contributed by atoms with E-state index in [0.717, 1.165) is 4.90 Å². The highest BCUT2D eigenvalue weighted by Gasteiger charge is 2.27. The van der Waals surface area contributed by atoms with Crippen molar-refractivity contribution in [2.45, 2.75) is 0 Å². The Labute approximate surface area is 57.2 Å². The fourth-order valence-electron chi connectivity index (χ4n) is 0.686. The van der Waals surface area contributed by atoms with E-state index in [-0.39, 0.29) is 19.0 Å². The van der Waals surface area contributed by atoms with Crippen LogP contribution in [0.15, 0.2) is 0 Å². The molecule has 1 fully saturated rings. The van der Waals surface area contributed by atoms with Crippen molar-refractivity contribution in [1.29, 1.82) is 5.26 Å². The number of nitrogens with one attached hydrogen (secondary N) is 1. The van der Waals surface area contributed by atoms with Crippen LogP contribution in [-0.4, -0.2) is 29.9 Å². The first-order valence-corrected chi connectivity index (χ1v) is 2.71. The van der Waals surface area contributed by atoms with Crippen molar-refractivity contribution < 1.29 is 9.59 Å². The van der Waals surface area contributed by atoms with E-state index in [0.29, 0.717) is 0 Å². The predicted molar refractivity (Wildman–Crippen MR) is 30.7 cm³/mol. The maximum absolute atomic E-state index is 10.7. The van der Waals surface area contributed by atoms with Gasteiger partial charge < -0.3 is 5.32 Å². The van der Waals surface area contributed by atoms with Crippen molar-refractivity contribution in [1.82, 2.24) is 10.2 Å². The molecule has 0 atom stereocenters. The van der Waals surface area contributed by atoms with Crippen LogP contribution in [0.5, 0.6) is 0 Å². The van der Waals surface area contributed by atoms with Crippen LogP contribution in [0, 0.1) is 11.3 Å². The van der Waals surface area contributed by atoms with Gasteiger partial charge in [0.2, 0.25) is 0 Å². The second-order valence-electron chi connectivity index (χ2n) is 1.80. The summed E-state index contributed by atoms with van der Waals surface area (Å²) < 4.78 is 0. The van der Waals surface area contributed by atoms with Gasteiger partial charge in [0, 0.05) is 0 Å². The molecule has 0 saturated carbocycles. The topological polar surface area (TPSA) is 73.2 Å². The molecule has 0 radical (unpaired) electrons. The van der Waals surface area contributed by atoms with Crippen LogP contribution >= 0.6 is 0 Å². The molecule has 52 valence electrons. The van der Waals surface area contributed by atoms with Gasteiger partial charge in [-0.15, -0.1) is 0 Å². The van der Waals surface area contributed by atoms with Gasteiger partial charge in [0.25, 0.3) is 5.91 Å². The average Bonchev–Trinajstić information content (AvgIpc) is 2.20. The molecule has 0 aromatic carbocycles. The van der Waals surface area contributed by atoms with Gasteiger partial charge in [0.05, 0.1) is 12.6 Å². The van der Waals surface area contributed by atoms with Crippen LogP contribution in [-0.2, 0) is 4.79 Å². The summed E-state index contributed by atoms with van der Waals surface area (Å²) in [7, 11) is 0. The van der Waals surface area contributed by atoms with Crippen LogP contribution in [0.1, 0.15) is 0 Å². The van der Waals surface area contributed by atoms with Gasteiger partial charge in [-0.25, -0.2) is 9.69 Å². The van der Waals surface area contributed by atoms with E-state index in [1.165, 1.54) is 0 Å². The maximum atomic E-state index is 10.7. The van der Waals surface area contributed by atoms with E-state index in [2.05, 4.69) is 5.32 Å². The quantitative estimate of drug-likeness (QED) is 0.376. The summed E-state index contributed by atoms with van der Waals surface area (Å²) in [5, 5.41) is 10.4. The smallest absolute Gasteiger partial charge is 0.325 e. The first-order chi connectivity index (χ1) is 4.75. The highest BCUT2D eigenvalue weighted by atomic mass is 16.2. The summed E-state index contributed by atoms with van der Waals surface area (Å²) in [5.74, 6) is -0.341. The summed E-state index contributed by atoms with van der Waals surface area (Å²) >= 11 is 0. The number of carbonyl (C=O) groups is 2. The second kappa shape index (κ2) is 2.35. The van der Waals surface area contributed by atoms with E-state index >= 15 is 0 Å². The standard InChI is InChI=1S/C5H5N3O2/c6-1-2-8-4(9)3-7-5(8)10/h2-3H2,(H,7,10). The van der Waals surface area contributed by atoms with Crippen LogP contribution in [0.2, 0.25) is 0 Å². The molecule has 10 heavy (non-hydrogen) atoms. The Kier molecular flexibility index (Phi) is 1.54. The molecule has 1 heterocycles. The molecule has 0 spiro atoms. The van der Waals surface area contributed by atoms with Gasteiger partial charge in [-0.3, -0.25) is 4.79 Å². The zero-order valence-corrected chi connectivity index (χ0v) is 5.13. The monoisotopic (exact) mass is 139 g/mol. The largest absolute Gasteiger partial charge is 0.329 e. The third-order valence-electron chi connectivity index (χ3n) is 1.17. The SMILES string of the molecule is N#CCN1C(=O)CNC1=O. The van der Waals surface area contributed by atoms with E-state index in [1.54, 1.807) is 6.07 Å². The summed E-state index contributed by atoms with van der Waals surface area (Å²) in [4.78, 5) is 22.2. The van der Waals surface area contributed by atoms with Crippen LogP contribution in [0.25, 0.3) is 0 Å². The molecule has 1 aliphatic rings. The lowest BCUT2D eigenvalue weighted by molar-refractivity contribution is -0.124. The average molecular weight is 139 g/mol. The lowest BCUT2D eigenvalue weighted by atomic mass is 10.5. The maximum Gasteiger partial charge on any atom is 0.325 e. The molecular weight excluding hydrogens is 134 g/mol. The Bertz CT molecular complexity index is 201. The first-order valence-electron chi connectivity index (χ1n) is 2.71. The number of imide groups is 1. The van der Waals surface area contributed by atoms with Crippen molar-refractivity contribution in [3.63, 3.8) is 0 Å². The zero-order valence-electron chi connectivity index (χ0n) is 5.13. The zero-order chi connectivity index (χ0) is 7.56. The van der Waals surface area contributed by atoms with E-state index < -0.39 is 6.03 Å². The highest BCUT2D eigenvalue weighted by molar-refractivity contribution is 6.02. The molecule has 0 bridgehead atoms. The summed E-state index contributed by atoms with van der Waals surface area (Å²) in [5.41, 5.74) is 0. The third-order valence-corrected chi connectivity index (χ3v) is 1.17. The summed E-state index contributed by atoms with van der Waals surface area (Å²) in [6.45, 7) is -0.148. The number of nitrogens with zero attached hydrogens (tertiary/aromatic N) is 2. The fourth-order valence-corrected chi connectivity index (χ4v) is 0.686. The Balaban J connectivity index is 2.65. The lowest BCUT2D eigenvalue weighted by Crippen LogP contribution is -2.31. The summed E-state index contributed by atoms with van der Waals surface area (Å²) in [6.07, 6.45) is 0. The molecule has 0 aliphatic carbocycles. The van der Waals surface area contributed by atoms with Gasteiger partial charge >= 0.3 is 6.03 Å². The van der Waals surface area contributed by atoms with Crippen molar-refractivity contribution in [2.75, 3.05) is 13.1 Å². The number of nitriles is 1. The molecular formula is C5H5N3O2. The Morgan fingerprint density at radius 3 is 2.80 bits per heavy atom. The van der Waals surface area contributed by atoms with Crippen molar-refractivity contribution in [2.24, 2.45) is 0 Å². The van der Waals surface area contributed by atoms with Crippen molar-refractivity contribution in [3.05, 3.63) is 0 Å². The molecule has 0 aromatic heterocycles. The normalized spacial score (nSPS) is 16.9. The molecule has 5 nitrogen and oxygen atoms in total. The minimum absolute atomic E-state index is 0.0144. The Morgan fingerprint density at radius 1 is 1.70 bits per heavy atom. The molecule has 1 N–H and O–H groups in total. The number of hydrogen-bond acceptors (Lipinski definition) is 3. The molecule has 5 heteroatoms. The molecule has 0 unspecified atom stereocenters. The summed E-state index contributed by atoms with van der Waals surface area (Å²) in [6, 6.07) is 1.23. The number of urea groups is 1. The minimum atomic E-state index is -0.480. The Hall–Kier alpha value is -1.57. The minimum Gasteiger partial charge on any atom is -0.329 e. The second-order valence-corrected chi connectivity index (χ2v) is 1.80. The fraction of sp³-hybridized carbons (Fsp3) is 0.400. The van der Waals surface area contributed by atoms with Gasteiger partial charge in [-0.05, 0) is 0 Å². The number of rotatable bonds is 1. The Morgan fingerprint density at radius 2 is 2.40 bits per heavy atom. The molecule has 1 rings (SSSR count). The molecule has 3 amide bonds. The van der Waals surface area contributed by atoms with E-state index in [9.17, 15) is 9.59 Å². The lowest BCUT2D eigenvalue weighted by Gasteiger charge is -2.04. The van der Waals surface area contributed by atoms with E-state index in [4.69, 9.17) is 5.26 Å². The van der Waals surface area contributed by atoms with Gasteiger partial charge in [-0.1, -0.05) is 0 Å². The first kappa shape index (κ1) is 6.55. The van der Waals surface area contributed by atoms with Crippen LogP contribution < -0.4 is 5.32 Å². The molecule has 1 aliphatic heterocycles. The van der Waals surface area contributed by atoms with Crippen molar-refractivity contribution in [3.8, 4) is 6.07 Å². The number of amides is 3. The van der Waals surface area contributed by atoms with Gasteiger partial charge in [-0.2, -0.15) is 5.26 Å². The number of hydrogen-bond donors (Lipinski definition) is 1. The molecule has 0 aromatic rings. The number of carbonyl (C=O) groups excluding carboxylic acids is 2. The van der Waals surface area contributed by atoms with Crippen LogP contribution in [0.3, 0.4) is 0 Å². The van der Waals surface area contributed by atoms with E-state index in [1.807, 2.05) is 0 Å². The highest BCUT2D eigenvalue weighted by Crippen LogP contribution is 1.96. The van der Waals surface area contributed by atoms with Crippen molar-refractivity contribution >= 4 is 11.9 Å². The van der Waals surface area contributed by atoms with Gasteiger partial charge in [0.1, 0.15) is 6.54 Å². The molecule has 1 saturated heterocycles.